The van der Waals surface area contributed by atoms with E-state index in [-0.39, 0.29) is 18.2 Å². The zero-order valence-corrected chi connectivity index (χ0v) is 9.83. The molecule has 0 saturated carbocycles. The van der Waals surface area contributed by atoms with Gasteiger partial charge in [0.15, 0.2) is 0 Å². The van der Waals surface area contributed by atoms with Crippen LogP contribution in [0.4, 0.5) is 4.39 Å². The molecule has 0 aliphatic rings. The highest BCUT2D eigenvalue weighted by Crippen LogP contribution is 2.07. The summed E-state index contributed by atoms with van der Waals surface area (Å²) in [5.41, 5.74) is 1.30. The van der Waals surface area contributed by atoms with Crippen molar-refractivity contribution in [2.24, 2.45) is 0 Å². The fourth-order valence-electron chi connectivity index (χ4n) is 1.42. The maximum absolute atomic E-state index is 12.6. The molecule has 0 aromatic heterocycles. The minimum atomic E-state index is -0.364. The number of esters is 1. The predicted molar refractivity (Wildman–Crippen MR) is 63.7 cm³/mol. The van der Waals surface area contributed by atoms with Gasteiger partial charge in [-0.25, -0.2) is 4.39 Å². The van der Waals surface area contributed by atoms with Gasteiger partial charge >= 0.3 is 5.97 Å². The SMILES string of the molecule is CCOC(=O)CC(=N)CCc1ccc(F)cc1. The number of aryl methyl sites for hydroxylation is 1. The lowest BCUT2D eigenvalue weighted by molar-refractivity contribution is -0.141. The van der Waals surface area contributed by atoms with Gasteiger partial charge in [0.2, 0.25) is 0 Å². The first-order valence-corrected chi connectivity index (χ1v) is 5.58. The Labute approximate surface area is 100 Å². The zero-order valence-electron chi connectivity index (χ0n) is 9.83. The molecular weight excluding hydrogens is 221 g/mol. The average Bonchev–Trinajstić information content (AvgIpc) is 2.28. The van der Waals surface area contributed by atoms with Crippen LogP contribution in [0.2, 0.25) is 0 Å². The molecule has 0 unspecified atom stereocenters. The molecule has 0 aliphatic heterocycles. The van der Waals surface area contributed by atoms with Gasteiger partial charge in [-0.15, -0.1) is 0 Å². The summed E-state index contributed by atoms with van der Waals surface area (Å²) >= 11 is 0. The van der Waals surface area contributed by atoms with Gasteiger partial charge in [-0.05, 0) is 37.5 Å². The van der Waals surface area contributed by atoms with Crippen molar-refractivity contribution < 1.29 is 13.9 Å². The Hall–Kier alpha value is -1.71. The van der Waals surface area contributed by atoms with E-state index in [0.29, 0.717) is 25.2 Å². The third-order valence-corrected chi connectivity index (χ3v) is 2.29. The normalized spacial score (nSPS) is 10.0. The molecule has 0 radical (unpaired) electrons. The summed E-state index contributed by atoms with van der Waals surface area (Å²) in [6.07, 6.45) is 1.16. The van der Waals surface area contributed by atoms with Crippen molar-refractivity contribution in [1.29, 1.82) is 5.41 Å². The highest BCUT2D eigenvalue weighted by Gasteiger charge is 2.06. The standard InChI is InChI=1S/C13H16FNO2/c1-2-17-13(16)9-12(15)8-5-10-3-6-11(14)7-4-10/h3-4,6-7,15H,2,5,8-9H2,1H3. The lowest BCUT2D eigenvalue weighted by Gasteiger charge is -2.04. The topological polar surface area (TPSA) is 50.2 Å². The molecule has 0 atom stereocenters. The van der Waals surface area contributed by atoms with Crippen LogP contribution in [0.25, 0.3) is 0 Å². The van der Waals surface area contributed by atoms with Crippen LogP contribution in [0.1, 0.15) is 25.3 Å². The van der Waals surface area contributed by atoms with E-state index in [1.165, 1.54) is 12.1 Å². The summed E-state index contributed by atoms with van der Waals surface area (Å²) in [6, 6.07) is 6.16. The molecule has 1 aromatic rings. The van der Waals surface area contributed by atoms with Gasteiger partial charge in [0.05, 0.1) is 13.0 Å². The number of rotatable bonds is 6. The molecule has 0 bridgehead atoms. The average molecular weight is 237 g/mol. The summed E-state index contributed by atoms with van der Waals surface area (Å²) in [6.45, 7) is 2.07. The fraction of sp³-hybridized carbons (Fsp3) is 0.385. The number of carbonyl (C=O) groups excluding carboxylic acids is 1. The Morgan fingerprint density at radius 3 is 2.59 bits per heavy atom. The molecule has 1 aromatic carbocycles. The van der Waals surface area contributed by atoms with Crippen molar-refractivity contribution in [3.8, 4) is 0 Å². The molecule has 4 heteroatoms. The molecule has 0 amide bonds. The van der Waals surface area contributed by atoms with Crippen LogP contribution in [-0.4, -0.2) is 18.3 Å². The van der Waals surface area contributed by atoms with Crippen LogP contribution >= 0.6 is 0 Å². The van der Waals surface area contributed by atoms with Gasteiger partial charge in [0.1, 0.15) is 5.82 Å². The van der Waals surface area contributed by atoms with Crippen LogP contribution in [0, 0.1) is 11.2 Å². The molecule has 0 heterocycles. The largest absolute Gasteiger partial charge is 0.466 e. The van der Waals surface area contributed by atoms with Gasteiger partial charge in [-0.1, -0.05) is 12.1 Å². The van der Waals surface area contributed by atoms with E-state index in [9.17, 15) is 9.18 Å². The summed E-state index contributed by atoms with van der Waals surface area (Å²) < 4.78 is 17.4. The van der Waals surface area contributed by atoms with Crippen molar-refractivity contribution in [3.63, 3.8) is 0 Å². The maximum Gasteiger partial charge on any atom is 0.311 e. The second-order valence-electron chi connectivity index (χ2n) is 3.71. The summed E-state index contributed by atoms with van der Waals surface area (Å²) in [4.78, 5) is 11.1. The van der Waals surface area contributed by atoms with Crippen LogP contribution in [-0.2, 0) is 16.0 Å². The smallest absolute Gasteiger partial charge is 0.311 e. The minimum Gasteiger partial charge on any atom is -0.466 e. The van der Waals surface area contributed by atoms with Crippen LogP contribution in [0.3, 0.4) is 0 Å². The number of benzene rings is 1. The Morgan fingerprint density at radius 2 is 2.00 bits per heavy atom. The van der Waals surface area contributed by atoms with Crippen molar-refractivity contribution in [1.82, 2.24) is 0 Å². The number of halogens is 1. The Bertz CT molecular complexity index is 387. The molecule has 17 heavy (non-hydrogen) atoms. The van der Waals surface area contributed by atoms with E-state index in [1.54, 1.807) is 19.1 Å². The van der Waals surface area contributed by atoms with Crippen molar-refractivity contribution in [2.75, 3.05) is 6.61 Å². The second-order valence-corrected chi connectivity index (χ2v) is 3.71. The van der Waals surface area contributed by atoms with E-state index >= 15 is 0 Å². The quantitative estimate of drug-likeness (QED) is 0.611. The number of ether oxygens (including phenoxy) is 1. The zero-order chi connectivity index (χ0) is 12.7. The van der Waals surface area contributed by atoms with Crippen molar-refractivity contribution >= 4 is 11.7 Å². The maximum atomic E-state index is 12.6. The monoisotopic (exact) mass is 237 g/mol. The highest BCUT2D eigenvalue weighted by atomic mass is 19.1. The van der Waals surface area contributed by atoms with E-state index in [2.05, 4.69) is 0 Å². The number of carbonyl (C=O) groups is 1. The molecule has 92 valence electrons. The predicted octanol–water partition coefficient (Wildman–Crippen LogP) is 2.73. The molecular formula is C13H16FNO2. The Kier molecular flexibility index (Phi) is 5.33. The van der Waals surface area contributed by atoms with Gasteiger partial charge in [0.25, 0.3) is 0 Å². The summed E-state index contributed by atoms with van der Waals surface area (Å²) in [5.74, 6) is -0.632. The number of hydrogen-bond donors (Lipinski definition) is 1. The van der Waals surface area contributed by atoms with Gasteiger partial charge in [-0.2, -0.15) is 0 Å². The van der Waals surface area contributed by atoms with Crippen molar-refractivity contribution in [3.05, 3.63) is 35.6 Å². The van der Waals surface area contributed by atoms with E-state index in [4.69, 9.17) is 10.1 Å². The van der Waals surface area contributed by atoms with Crippen molar-refractivity contribution in [2.45, 2.75) is 26.2 Å². The molecule has 3 nitrogen and oxygen atoms in total. The molecule has 0 aliphatic carbocycles. The third-order valence-electron chi connectivity index (χ3n) is 2.29. The fourth-order valence-corrected chi connectivity index (χ4v) is 1.42. The Balaban J connectivity index is 2.33. The summed E-state index contributed by atoms with van der Waals surface area (Å²) in [5, 5.41) is 7.61. The number of nitrogens with one attached hydrogen (secondary N) is 1. The molecule has 1 N–H and O–H groups in total. The van der Waals surface area contributed by atoms with E-state index in [0.717, 1.165) is 5.56 Å². The third kappa shape index (κ3) is 5.24. The highest BCUT2D eigenvalue weighted by molar-refractivity contribution is 5.97. The summed E-state index contributed by atoms with van der Waals surface area (Å²) in [7, 11) is 0. The first-order chi connectivity index (χ1) is 8.11. The van der Waals surface area contributed by atoms with Gasteiger partial charge in [0, 0.05) is 5.71 Å². The van der Waals surface area contributed by atoms with Crippen LogP contribution in [0.5, 0.6) is 0 Å². The second kappa shape index (κ2) is 6.78. The molecule has 1 rings (SSSR count). The first-order valence-electron chi connectivity index (χ1n) is 5.58. The lowest BCUT2D eigenvalue weighted by Crippen LogP contribution is -2.11. The van der Waals surface area contributed by atoms with Crippen LogP contribution in [0.15, 0.2) is 24.3 Å². The van der Waals surface area contributed by atoms with Crippen LogP contribution < -0.4 is 0 Å². The number of hydrogen-bond acceptors (Lipinski definition) is 3. The van der Waals surface area contributed by atoms with Gasteiger partial charge in [-0.3, -0.25) is 4.79 Å². The lowest BCUT2D eigenvalue weighted by atomic mass is 10.1. The Morgan fingerprint density at radius 1 is 1.35 bits per heavy atom. The molecule has 0 fully saturated rings. The van der Waals surface area contributed by atoms with E-state index < -0.39 is 0 Å². The molecule has 0 spiro atoms. The van der Waals surface area contributed by atoms with Gasteiger partial charge < -0.3 is 10.1 Å². The first kappa shape index (κ1) is 13.4. The van der Waals surface area contributed by atoms with E-state index in [1.807, 2.05) is 0 Å². The molecule has 0 saturated heterocycles. The minimum absolute atomic E-state index is 0.0367.